The first-order valence-corrected chi connectivity index (χ1v) is 11.3. The number of aliphatic hydroxyl groups excluding tert-OH is 1. The number of hydrogen-bond donors (Lipinski definition) is 2. The molecule has 0 saturated carbocycles. The van der Waals surface area contributed by atoms with Crippen LogP contribution in [-0.4, -0.2) is 30.8 Å². The van der Waals surface area contributed by atoms with Crippen LogP contribution in [0.15, 0.2) is 72.2 Å². The molecule has 1 amide bonds. The van der Waals surface area contributed by atoms with E-state index in [-0.39, 0.29) is 18.9 Å². The molecule has 0 atom stereocenters. The van der Waals surface area contributed by atoms with Crippen LogP contribution >= 0.6 is 11.3 Å². The maximum Gasteiger partial charge on any atom is 0.230 e. The normalized spacial score (nSPS) is 11.1. The van der Waals surface area contributed by atoms with Gasteiger partial charge >= 0.3 is 0 Å². The van der Waals surface area contributed by atoms with E-state index in [4.69, 9.17) is 5.10 Å². The van der Waals surface area contributed by atoms with Crippen molar-refractivity contribution in [1.29, 1.82) is 0 Å². The minimum absolute atomic E-state index is 0.0783. The summed E-state index contributed by atoms with van der Waals surface area (Å²) in [6, 6.07) is 20.9. The van der Waals surface area contributed by atoms with Crippen molar-refractivity contribution in [3.63, 3.8) is 0 Å². The number of aryl methyl sites for hydroxylation is 1. The number of benzene rings is 2. The lowest BCUT2D eigenvalue weighted by atomic mass is 10.1. The Balaban J connectivity index is 1.49. The molecule has 7 nitrogen and oxygen atoms in total. The lowest BCUT2D eigenvalue weighted by Crippen LogP contribution is -2.15. The molecule has 2 N–H and O–H groups in total. The van der Waals surface area contributed by atoms with Crippen molar-refractivity contribution in [2.24, 2.45) is 0 Å². The van der Waals surface area contributed by atoms with Gasteiger partial charge in [-0.25, -0.2) is 14.6 Å². The molecule has 0 aliphatic carbocycles. The molecule has 0 spiro atoms. The average molecular weight is 456 g/mol. The number of thiazole rings is 1. The summed E-state index contributed by atoms with van der Waals surface area (Å²) >= 11 is 1.58. The fourth-order valence-electron chi connectivity index (χ4n) is 3.67. The van der Waals surface area contributed by atoms with Crippen molar-refractivity contribution in [3.8, 4) is 17.1 Å². The van der Waals surface area contributed by atoms with E-state index < -0.39 is 0 Å². The maximum absolute atomic E-state index is 12.7. The number of hydrogen-bond acceptors (Lipinski definition) is 6. The molecule has 0 bridgehead atoms. The first-order valence-electron chi connectivity index (χ1n) is 10.5. The summed E-state index contributed by atoms with van der Waals surface area (Å²) in [6.07, 6.45) is 0.109. The molecular weight excluding hydrogens is 434 g/mol. The highest BCUT2D eigenvalue weighted by Gasteiger charge is 2.16. The Bertz CT molecular complexity index is 1460. The predicted octanol–water partition coefficient (Wildman–Crippen LogP) is 4.53. The van der Waals surface area contributed by atoms with Gasteiger partial charge in [0.15, 0.2) is 5.82 Å². The predicted molar refractivity (Wildman–Crippen MR) is 129 cm³/mol. The molecule has 33 heavy (non-hydrogen) atoms. The number of nitrogens with zero attached hydrogens (tertiary/aromatic N) is 4. The number of aliphatic hydroxyl groups is 1. The SMILES string of the molecule is Cc1cccc(-n2nc(CC(=O)Nc3cccc(CO)c3)cc2-c2ccc3ncsc3c2)n1. The third-order valence-electron chi connectivity index (χ3n) is 5.21. The fourth-order valence-corrected chi connectivity index (χ4v) is 4.39. The molecular formula is C25H21N5O2S. The first-order chi connectivity index (χ1) is 16.1. The molecule has 0 aliphatic rings. The molecule has 0 aliphatic heterocycles. The highest BCUT2D eigenvalue weighted by Crippen LogP contribution is 2.28. The van der Waals surface area contributed by atoms with Crippen molar-refractivity contribution in [3.05, 3.63) is 89.2 Å². The molecule has 5 rings (SSSR count). The largest absolute Gasteiger partial charge is 0.392 e. The van der Waals surface area contributed by atoms with Crippen molar-refractivity contribution in [2.75, 3.05) is 5.32 Å². The molecule has 0 fully saturated rings. The zero-order valence-corrected chi connectivity index (χ0v) is 18.7. The topological polar surface area (TPSA) is 92.9 Å². The number of fused-ring (bicyclic) bond motifs is 1. The smallest absolute Gasteiger partial charge is 0.230 e. The number of nitrogens with one attached hydrogen (secondary N) is 1. The number of aromatic nitrogens is 4. The first kappa shape index (κ1) is 21.0. The lowest BCUT2D eigenvalue weighted by molar-refractivity contribution is -0.115. The monoisotopic (exact) mass is 455 g/mol. The van der Waals surface area contributed by atoms with Crippen LogP contribution in [0.1, 0.15) is 17.0 Å². The number of amides is 1. The van der Waals surface area contributed by atoms with Gasteiger partial charge in [-0.1, -0.05) is 24.3 Å². The summed E-state index contributed by atoms with van der Waals surface area (Å²) in [6.45, 7) is 1.86. The van der Waals surface area contributed by atoms with Crippen molar-refractivity contribution < 1.29 is 9.90 Å². The number of pyridine rings is 1. The average Bonchev–Trinajstić information content (AvgIpc) is 3.45. The van der Waals surface area contributed by atoms with Gasteiger partial charge in [0, 0.05) is 16.9 Å². The third kappa shape index (κ3) is 4.52. The van der Waals surface area contributed by atoms with E-state index in [1.54, 1.807) is 40.3 Å². The van der Waals surface area contributed by atoms with Gasteiger partial charge in [-0.3, -0.25) is 4.79 Å². The minimum Gasteiger partial charge on any atom is -0.392 e. The van der Waals surface area contributed by atoms with Crippen LogP contribution in [0.5, 0.6) is 0 Å². The second-order valence-corrected chi connectivity index (χ2v) is 8.57. The van der Waals surface area contributed by atoms with E-state index >= 15 is 0 Å². The Morgan fingerprint density at radius 2 is 1.97 bits per heavy atom. The second kappa shape index (κ2) is 8.93. The van der Waals surface area contributed by atoms with E-state index in [0.717, 1.165) is 32.7 Å². The summed E-state index contributed by atoms with van der Waals surface area (Å²) < 4.78 is 2.87. The van der Waals surface area contributed by atoms with Crippen molar-refractivity contribution in [1.82, 2.24) is 19.7 Å². The summed E-state index contributed by atoms with van der Waals surface area (Å²) in [4.78, 5) is 21.7. The fraction of sp³-hybridized carbons (Fsp3) is 0.120. The van der Waals surface area contributed by atoms with Gasteiger partial charge in [-0.15, -0.1) is 11.3 Å². The summed E-state index contributed by atoms with van der Waals surface area (Å²) in [5.41, 5.74) is 7.51. The van der Waals surface area contributed by atoms with E-state index in [1.165, 1.54) is 0 Å². The molecule has 0 unspecified atom stereocenters. The molecule has 2 aromatic carbocycles. The summed E-state index contributed by atoms with van der Waals surface area (Å²) in [5.74, 6) is 0.508. The Morgan fingerprint density at radius 1 is 1.09 bits per heavy atom. The van der Waals surface area contributed by atoms with Gasteiger partial charge in [-0.2, -0.15) is 5.10 Å². The van der Waals surface area contributed by atoms with Gasteiger partial charge in [0.2, 0.25) is 5.91 Å². The Labute approximate surface area is 194 Å². The molecule has 8 heteroatoms. The second-order valence-electron chi connectivity index (χ2n) is 7.69. The van der Waals surface area contributed by atoms with E-state index in [1.807, 2.05) is 48.8 Å². The summed E-state index contributed by atoms with van der Waals surface area (Å²) in [7, 11) is 0. The highest BCUT2D eigenvalue weighted by molar-refractivity contribution is 7.16. The van der Waals surface area contributed by atoms with Crippen LogP contribution in [0.4, 0.5) is 5.69 Å². The maximum atomic E-state index is 12.7. The van der Waals surface area contributed by atoms with Crippen molar-refractivity contribution in [2.45, 2.75) is 20.0 Å². The van der Waals surface area contributed by atoms with E-state index in [0.29, 0.717) is 17.2 Å². The Morgan fingerprint density at radius 3 is 2.82 bits per heavy atom. The quantitative estimate of drug-likeness (QED) is 0.393. The molecule has 0 radical (unpaired) electrons. The number of carbonyl (C=O) groups is 1. The molecule has 0 saturated heterocycles. The summed E-state index contributed by atoms with van der Waals surface area (Å²) in [5, 5.41) is 16.9. The molecule has 5 aromatic rings. The van der Waals surface area contributed by atoms with Crippen LogP contribution < -0.4 is 5.32 Å². The standard InChI is InChI=1S/C25H21N5O2S/c1-16-4-2-7-24(27-16)30-22(18-8-9-21-23(11-18)33-15-26-21)12-20(29-30)13-25(32)28-19-6-3-5-17(10-19)14-31/h2-12,15,31H,13-14H2,1H3,(H,28,32). The van der Waals surface area contributed by atoms with E-state index in [9.17, 15) is 9.90 Å². The molecule has 3 aromatic heterocycles. The van der Waals surface area contributed by atoms with Gasteiger partial charge < -0.3 is 10.4 Å². The van der Waals surface area contributed by atoms with Gasteiger partial charge in [0.25, 0.3) is 0 Å². The number of anilines is 1. The van der Waals surface area contributed by atoms with E-state index in [2.05, 4.69) is 21.4 Å². The molecule has 164 valence electrons. The Hall–Kier alpha value is -3.88. The minimum atomic E-state index is -0.184. The van der Waals surface area contributed by atoms with Gasteiger partial charge in [-0.05, 0) is 55.0 Å². The number of carbonyl (C=O) groups excluding carboxylic acids is 1. The Kier molecular flexibility index (Phi) is 5.68. The zero-order chi connectivity index (χ0) is 22.8. The van der Waals surface area contributed by atoms with Crippen LogP contribution in [-0.2, 0) is 17.8 Å². The van der Waals surface area contributed by atoms with Crippen LogP contribution in [0.25, 0.3) is 27.3 Å². The molecule has 3 heterocycles. The van der Waals surface area contributed by atoms with Gasteiger partial charge in [0.1, 0.15) is 0 Å². The van der Waals surface area contributed by atoms with Gasteiger partial charge in [0.05, 0.1) is 40.1 Å². The van der Waals surface area contributed by atoms with Crippen LogP contribution in [0.2, 0.25) is 0 Å². The lowest BCUT2D eigenvalue weighted by Gasteiger charge is -2.07. The van der Waals surface area contributed by atoms with Crippen LogP contribution in [0, 0.1) is 6.92 Å². The third-order valence-corrected chi connectivity index (χ3v) is 6.00. The highest BCUT2D eigenvalue weighted by atomic mass is 32.1. The van der Waals surface area contributed by atoms with Crippen molar-refractivity contribution >= 4 is 33.1 Å². The van der Waals surface area contributed by atoms with Crippen LogP contribution in [0.3, 0.4) is 0 Å². The zero-order valence-electron chi connectivity index (χ0n) is 17.9. The number of rotatable bonds is 6.